The van der Waals surface area contributed by atoms with Gasteiger partial charge in [-0.1, -0.05) is 18.2 Å². The first kappa shape index (κ1) is 20.9. The van der Waals surface area contributed by atoms with Crippen LogP contribution in [0.5, 0.6) is 5.75 Å². The molecule has 0 bridgehead atoms. The van der Waals surface area contributed by atoms with Crippen LogP contribution in [0.15, 0.2) is 42.5 Å². The van der Waals surface area contributed by atoms with Gasteiger partial charge in [-0.3, -0.25) is 9.59 Å². The summed E-state index contributed by atoms with van der Waals surface area (Å²) in [7, 11) is 3.37. The summed E-state index contributed by atoms with van der Waals surface area (Å²) in [4.78, 5) is 34.0. The van der Waals surface area contributed by atoms with Crippen LogP contribution in [0.1, 0.15) is 24.7 Å². The van der Waals surface area contributed by atoms with Crippen molar-refractivity contribution in [2.24, 2.45) is 5.92 Å². The number of aryl methyl sites for hydroxylation is 2. The summed E-state index contributed by atoms with van der Waals surface area (Å²) in [5.41, 5.74) is 3.75. The highest BCUT2D eigenvalue weighted by Gasteiger charge is 2.37. The standard InChI is InChI=1S/C24H28N4O3/c1-5-27-19-9-7-6-8-18(19)25-22(27)15-26(3)24(30)17-13-23(29)28(14-17)20-12-16(2)10-11-21(20)31-4/h6-12,17H,5,13-15H2,1-4H3/t17-/m1/s1. The monoisotopic (exact) mass is 420 g/mol. The number of hydrogen-bond donors (Lipinski definition) is 0. The molecule has 1 aliphatic heterocycles. The summed E-state index contributed by atoms with van der Waals surface area (Å²) in [5, 5.41) is 0. The molecule has 2 heterocycles. The number of rotatable bonds is 6. The second kappa shape index (κ2) is 8.41. The molecule has 31 heavy (non-hydrogen) atoms. The Morgan fingerprint density at radius 1 is 1.26 bits per heavy atom. The van der Waals surface area contributed by atoms with Gasteiger partial charge in [0, 0.05) is 26.6 Å². The van der Waals surface area contributed by atoms with Gasteiger partial charge in [0.25, 0.3) is 0 Å². The minimum absolute atomic E-state index is 0.0443. The van der Waals surface area contributed by atoms with Crippen LogP contribution in [0, 0.1) is 12.8 Å². The first-order valence-corrected chi connectivity index (χ1v) is 10.6. The van der Waals surface area contributed by atoms with E-state index in [2.05, 4.69) is 11.5 Å². The number of carbonyl (C=O) groups is 2. The molecule has 0 saturated carbocycles. The molecule has 7 nitrogen and oxygen atoms in total. The van der Waals surface area contributed by atoms with Crippen molar-refractivity contribution in [3.05, 3.63) is 53.9 Å². The zero-order valence-corrected chi connectivity index (χ0v) is 18.5. The van der Waals surface area contributed by atoms with Gasteiger partial charge in [-0.25, -0.2) is 4.98 Å². The molecular weight excluding hydrogens is 392 g/mol. The van der Waals surface area contributed by atoms with E-state index in [0.717, 1.165) is 34.7 Å². The number of amides is 2. The quantitative estimate of drug-likeness (QED) is 0.613. The number of carbonyl (C=O) groups excluding carboxylic acids is 2. The maximum absolute atomic E-state index is 13.2. The molecule has 0 aliphatic carbocycles. The van der Waals surface area contributed by atoms with E-state index >= 15 is 0 Å². The molecule has 0 N–H and O–H groups in total. The molecule has 1 aromatic heterocycles. The van der Waals surface area contributed by atoms with Gasteiger partial charge in [-0.05, 0) is 43.7 Å². The lowest BCUT2D eigenvalue weighted by molar-refractivity contribution is -0.135. The highest BCUT2D eigenvalue weighted by Crippen LogP contribution is 2.34. The summed E-state index contributed by atoms with van der Waals surface area (Å²) >= 11 is 0. The summed E-state index contributed by atoms with van der Waals surface area (Å²) in [6.45, 7) is 5.58. The molecule has 1 fully saturated rings. The number of imidazole rings is 1. The average molecular weight is 421 g/mol. The van der Waals surface area contributed by atoms with Crippen molar-refractivity contribution in [2.45, 2.75) is 33.4 Å². The molecule has 1 aliphatic rings. The van der Waals surface area contributed by atoms with E-state index in [9.17, 15) is 9.59 Å². The number of anilines is 1. The Morgan fingerprint density at radius 3 is 2.77 bits per heavy atom. The number of fused-ring (bicyclic) bond motifs is 1. The Morgan fingerprint density at radius 2 is 2.03 bits per heavy atom. The fourth-order valence-electron chi connectivity index (χ4n) is 4.32. The third-order valence-corrected chi connectivity index (χ3v) is 5.90. The van der Waals surface area contributed by atoms with Crippen molar-refractivity contribution in [1.82, 2.24) is 14.5 Å². The van der Waals surface area contributed by atoms with E-state index in [4.69, 9.17) is 9.72 Å². The van der Waals surface area contributed by atoms with Crippen molar-refractivity contribution in [1.29, 1.82) is 0 Å². The normalized spacial score (nSPS) is 16.2. The minimum Gasteiger partial charge on any atom is -0.495 e. The number of para-hydroxylation sites is 2. The lowest BCUT2D eigenvalue weighted by Gasteiger charge is -2.22. The van der Waals surface area contributed by atoms with E-state index in [1.54, 1.807) is 24.0 Å². The van der Waals surface area contributed by atoms with Gasteiger partial charge in [0.2, 0.25) is 11.8 Å². The fraction of sp³-hybridized carbons (Fsp3) is 0.375. The van der Waals surface area contributed by atoms with E-state index < -0.39 is 0 Å². The smallest absolute Gasteiger partial charge is 0.228 e. The largest absolute Gasteiger partial charge is 0.495 e. The zero-order valence-electron chi connectivity index (χ0n) is 18.5. The summed E-state index contributed by atoms with van der Waals surface area (Å²) < 4.78 is 7.57. The zero-order chi connectivity index (χ0) is 22.1. The topological polar surface area (TPSA) is 67.7 Å². The number of aromatic nitrogens is 2. The van der Waals surface area contributed by atoms with Crippen molar-refractivity contribution in [3.8, 4) is 5.75 Å². The number of ether oxygens (including phenoxy) is 1. The third kappa shape index (κ3) is 3.87. The fourth-order valence-corrected chi connectivity index (χ4v) is 4.32. The lowest BCUT2D eigenvalue weighted by Crippen LogP contribution is -2.35. The summed E-state index contributed by atoms with van der Waals surface area (Å²) in [6.07, 6.45) is 0.199. The molecule has 4 rings (SSSR count). The van der Waals surface area contributed by atoms with Crippen molar-refractivity contribution >= 4 is 28.5 Å². The summed E-state index contributed by atoms with van der Waals surface area (Å²) in [5.74, 6) is 0.994. The molecule has 1 saturated heterocycles. The van der Waals surface area contributed by atoms with Gasteiger partial charge in [0.05, 0.1) is 36.3 Å². The van der Waals surface area contributed by atoms with Gasteiger partial charge in [-0.2, -0.15) is 0 Å². The number of benzene rings is 2. The Labute approximate surface area is 182 Å². The van der Waals surface area contributed by atoms with Crippen LogP contribution in [0.4, 0.5) is 5.69 Å². The molecule has 1 atom stereocenters. The van der Waals surface area contributed by atoms with Gasteiger partial charge >= 0.3 is 0 Å². The van der Waals surface area contributed by atoms with E-state index in [1.165, 1.54) is 0 Å². The average Bonchev–Trinajstić information content (AvgIpc) is 3.32. The van der Waals surface area contributed by atoms with Crippen LogP contribution in [-0.2, 0) is 22.7 Å². The Balaban J connectivity index is 1.52. The molecule has 0 radical (unpaired) electrons. The van der Waals surface area contributed by atoms with Crippen molar-refractivity contribution < 1.29 is 14.3 Å². The molecule has 162 valence electrons. The van der Waals surface area contributed by atoms with Crippen LogP contribution < -0.4 is 9.64 Å². The van der Waals surface area contributed by atoms with E-state index in [0.29, 0.717) is 18.8 Å². The van der Waals surface area contributed by atoms with Gasteiger partial charge < -0.3 is 19.1 Å². The highest BCUT2D eigenvalue weighted by molar-refractivity contribution is 6.01. The van der Waals surface area contributed by atoms with Gasteiger partial charge in [0.1, 0.15) is 11.6 Å². The maximum Gasteiger partial charge on any atom is 0.228 e. The van der Waals surface area contributed by atoms with Crippen LogP contribution >= 0.6 is 0 Å². The molecular formula is C24H28N4O3. The van der Waals surface area contributed by atoms with E-state index in [1.807, 2.05) is 49.4 Å². The molecule has 2 aromatic carbocycles. The second-order valence-electron chi connectivity index (χ2n) is 8.04. The molecule has 2 amide bonds. The SMILES string of the molecule is CCn1c(CN(C)C(=O)[C@@H]2CC(=O)N(c3cc(C)ccc3OC)C2)nc2ccccc21. The first-order valence-electron chi connectivity index (χ1n) is 10.6. The number of nitrogens with zero attached hydrogens (tertiary/aromatic N) is 4. The van der Waals surface area contributed by atoms with Crippen molar-refractivity contribution in [3.63, 3.8) is 0 Å². The Bertz CT molecular complexity index is 1140. The predicted molar refractivity (Wildman–Crippen MR) is 120 cm³/mol. The van der Waals surface area contributed by atoms with Crippen molar-refractivity contribution in [2.75, 3.05) is 25.6 Å². The molecule has 0 spiro atoms. The lowest BCUT2D eigenvalue weighted by atomic mass is 10.1. The minimum atomic E-state index is -0.387. The molecule has 0 unspecified atom stereocenters. The second-order valence-corrected chi connectivity index (χ2v) is 8.04. The van der Waals surface area contributed by atoms with Crippen LogP contribution in [0.25, 0.3) is 11.0 Å². The van der Waals surface area contributed by atoms with Gasteiger partial charge in [-0.15, -0.1) is 0 Å². The van der Waals surface area contributed by atoms with Crippen LogP contribution in [0.3, 0.4) is 0 Å². The van der Waals surface area contributed by atoms with Crippen LogP contribution in [0.2, 0.25) is 0 Å². The summed E-state index contributed by atoms with van der Waals surface area (Å²) in [6, 6.07) is 13.7. The molecule has 3 aromatic rings. The van der Waals surface area contributed by atoms with Gasteiger partial charge in [0.15, 0.2) is 0 Å². The van der Waals surface area contributed by atoms with Crippen LogP contribution in [-0.4, -0.2) is 47.0 Å². The maximum atomic E-state index is 13.2. The molecule has 7 heteroatoms. The Hall–Kier alpha value is -3.35. The predicted octanol–water partition coefficient (Wildman–Crippen LogP) is 3.38. The third-order valence-electron chi connectivity index (χ3n) is 5.90. The number of methoxy groups -OCH3 is 1. The Kier molecular flexibility index (Phi) is 5.67. The highest BCUT2D eigenvalue weighted by atomic mass is 16.5. The first-order chi connectivity index (χ1) is 14.9. The number of hydrogen-bond acceptors (Lipinski definition) is 4. The van der Waals surface area contributed by atoms with E-state index in [-0.39, 0.29) is 24.2 Å².